The molecule has 1 saturated heterocycles. The Hall–Kier alpha value is -2.75. The molecule has 110 valence electrons. The predicted molar refractivity (Wildman–Crippen MR) is 88.1 cm³/mol. The molecule has 3 aromatic rings. The third-order valence-electron chi connectivity index (χ3n) is 4.29. The third-order valence-corrected chi connectivity index (χ3v) is 4.29. The fourth-order valence-electron chi connectivity index (χ4n) is 3.35. The summed E-state index contributed by atoms with van der Waals surface area (Å²) in [6.45, 7) is 2.69. The van der Waals surface area contributed by atoms with Gasteiger partial charge in [-0.2, -0.15) is 0 Å². The van der Waals surface area contributed by atoms with E-state index in [1.54, 1.807) is 0 Å². The van der Waals surface area contributed by atoms with Crippen LogP contribution < -0.4 is 10.2 Å². The van der Waals surface area contributed by atoms with Crippen molar-refractivity contribution in [3.8, 4) is 0 Å². The summed E-state index contributed by atoms with van der Waals surface area (Å²) in [7, 11) is 0. The van der Waals surface area contributed by atoms with Gasteiger partial charge < -0.3 is 10.3 Å². The molecule has 0 spiro atoms. The van der Waals surface area contributed by atoms with Crippen molar-refractivity contribution in [3.05, 3.63) is 65.9 Å². The van der Waals surface area contributed by atoms with Crippen LogP contribution in [0.4, 0.5) is 10.5 Å². The summed E-state index contributed by atoms with van der Waals surface area (Å²) >= 11 is 0. The van der Waals surface area contributed by atoms with Crippen molar-refractivity contribution >= 4 is 22.6 Å². The van der Waals surface area contributed by atoms with Gasteiger partial charge in [0.15, 0.2) is 0 Å². The largest absolute Gasteiger partial charge is 0.358 e. The molecule has 4 heteroatoms. The Morgan fingerprint density at radius 2 is 1.77 bits per heavy atom. The topological polar surface area (TPSA) is 48.1 Å². The quantitative estimate of drug-likeness (QED) is 0.742. The molecule has 1 fully saturated rings. The minimum atomic E-state index is -0.0409. The molecule has 0 bridgehead atoms. The molecule has 2 amide bonds. The van der Waals surface area contributed by atoms with E-state index < -0.39 is 0 Å². The minimum absolute atomic E-state index is 0.00560. The number of hydrogen-bond donors (Lipinski definition) is 2. The zero-order chi connectivity index (χ0) is 15.1. The monoisotopic (exact) mass is 291 g/mol. The van der Waals surface area contributed by atoms with Gasteiger partial charge in [0.25, 0.3) is 0 Å². The normalized spacial score (nSPS) is 18.0. The van der Waals surface area contributed by atoms with E-state index in [-0.39, 0.29) is 12.1 Å². The van der Waals surface area contributed by atoms with Crippen LogP contribution in [0.1, 0.15) is 17.3 Å². The van der Waals surface area contributed by atoms with E-state index in [1.807, 2.05) is 47.4 Å². The molecule has 0 saturated carbocycles. The smallest absolute Gasteiger partial charge is 0.322 e. The number of aromatic nitrogens is 1. The number of amides is 2. The van der Waals surface area contributed by atoms with E-state index in [4.69, 9.17) is 0 Å². The molecule has 0 aliphatic carbocycles. The van der Waals surface area contributed by atoms with Gasteiger partial charge in [0.1, 0.15) is 0 Å². The summed E-state index contributed by atoms with van der Waals surface area (Å²) in [5.41, 5.74) is 4.34. The molecule has 4 rings (SSSR count). The van der Waals surface area contributed by atoms with Crippen LogP contribution in [-0.2, 0) is 0 Å². The number of nitrogens with one attached hydrogen (secondary N) is 2. The maximum Gasteiger partial charge on any atom is 0.322 e. The van der Waals surface area contributed by atoms with E-state index in [0.717, 1.165) is 16.9 Å². The molecule has 1 unspecified atom stereocenters. The highest BCUT2D eigenvalue weighted by atomic mass is 16.2. The maximum absolute atomic E-state index is 12.3. The maximum atomic E-state index is 12.3. The summed E-state index contributed by atoms with van der Waals surface area (Å²) in [4.78, 5) is 17.6. The third kappa shape index (κ3) is 1.88. The van der Waals surface area contributed by atoms with E-state index in [0.29, 0.717) is 6.54 Å². The highest BCUT2D eigenvalue weighted by Gasteiger charge is 2.35. The fourth-order valence-corrected chi connectivity index (χ4v) is 3.35. The van der Waals surface area contributed by atoms with Crippen molar-refractivity contribution in [1.82, 2.24) is 10.3 Å². The van der Waals surface area contributed by atoms with Crippen LogP contribution in [0.5, 0.6) is 0 Å². The Balaban J connectivity index is 1.87. The lowest BCUT2D eigenvalue weighted by atomic mass is 10.0. The number of urea groups is 1. The van der Waals surface area contributed by atoms with Gasteiger partial charge >= 0.3 is 6.03 Å². The Morgan fingerprint density at radius 1 is 1.05 bits per heavy atom. The summed E-state index contributed by atoms with van der Waals surface area (Å²) in [5, 5.41) is 4.15. The molecule has 2 aromatic carbocycles. The number of fused-ring (bicyclic) bond motifs is 1. The van der Waals surface area contributed by atoms with Gasteiger partial charge in [0.2, 0.25) is 0 Å². The molecule has 1 aromatic heterocycles. The number of nitrogens with zero attached hydrogens (tertiary/aromatic N) is 1. The van der Waals surface area contributed by atoms with Crippen LogP contribution >= 0.6 is 0 Å². The fraction of sp³-hybridized carbons (Fsp3) is 0.167. The van der Waals surface area contributed by atoms with E-state index >= 15 is 0 Å². The molecule has 22 heavy (non-hydrogen) atoms. The van der Waals surface area contributed by atoms with Crippen molar-refractivity contribution in [2.45, 2.75) is 13.0 Å². The number of carbonyl (C=O) groups is 1. The molecule has 1 aliphatic heterocycles. The first-order valence-electron chi connectivity index (χ1n) is 7.45. The number of H-pyrrole nitrogens is 1. The minimum Gasteiger partial charge on any atom is -0.358 e. The van der Waals surface area contributed by atoms with Crippen molar-refractivity contribution in [1.29, 1.82) is 0 Å². The number of aryl methyl sites for hydroxylation is 1. The van der Waals surface area contributed by atoms with Crippen LogP contribution in [0.15, 0.2) is 54.6 Å². The van der Waals surface area contributed by atoms with Crippen LogP contribution in [0, 0.1) is 6.92 Å². The van der Waals surface area contributed by atoms with Gasteiger partial charge in [-0.05, 0) is 25.1 Å². The Morgan fingerprint density at radius 3 is 2.59 bits per heavy atom. The lowest BCUT2D eigenvalue weighted by Gasteiger charge is -2.23. The second-order valence-corrected chi connectivity index (χ2v) is 5.62. The summed E-state index contributed by atoms with van der Waals surface area (Å²) < 4.78 is 0. The molecule has 0 radical (unpaired) electrons. The second kappa shape index (κ2) is 4.91. The van der Waals surface area contributed by atoms with Gasteiger partial charge in [-0.25, -0.2) is 4.79 Å². The lowest BCUT2D eigenvalue weighted by molar-refractivity contribution is 0.251. The molecule has 2 N–H and O–H groups in total. The van der Waals surface area contributed by atoms with Gasteiger partial charge in [-0.3, -0.25) is 4.90 Å². The van der Waals surface area contributed by atoms with E-state index in [2.05, 4.69) is 29.4 Å². The van der Waals surface area contributed by atoms with Crippen molar-refractivity contribution in [2.24, 2.45) is 0 Å². The summed E-state index contributed by atoms with van der Waals surface area (Å²) in [6, 6.07) is 18.0. The van der Waals surface area contributed by atoms with Gasteiger partial charge in [0, 0.05) is 34.4 Å². The molecule has 2 heterocycles. The molecular formula is C18H17N3O. The zero-order valence-electron chi connectivity index (χ0n) is 12.3. The number of benzene rings is 2. The Labute approximate surface area is 128 Å². The first-order valence-corrected chi connectivity index (χ1v) is 7.45. The first-order chi connectivity index (χ1) is 10.8. The van der Waals surface area contributed by atoms with E-state index in [9.17, 15) is 4.79 Å². The predicted octanol–water partition coefficient (Wildman–Crippen LogP) is 3.75. The number of carbonyl (C=O) groups excluding carboxylic acids is 1. The standard InChI is InChI=1S/C18H17N3O/c1-12-17(14-9-5-6-10-15(14)20-12)16-11-19-18(22)21(16)13-7-3-2-4-8-13/h2-10,16,20H,11H2,1H3,(H,19,22). The van der Waals surface area contributed by atoms with Gasteiger partial charge in [-0.1, -0.05) is 36.4 Å². The summed E-state index contributed by atoms with van der Waals surface area (Å²) in [5.74, 6) is 0. The van der Waals surface area contributed by atoms with Gasteiger partial charge in [-0.15, -0.1) is 0 Å². The molecular weight excluding hydrogens is 274 g/mol. The average Bonchev–Trinajstić information content (AvgIpc) is 3.07. The Kier molecular flexibility index (Phi) is 2.89. The molecule has 4 nitrogen and oxygen atoms in total. The highest BCUT2D eigenvalue weighted by Crippen LogP contribution is 2.36. The first kappa shape index (κ1) is 13.0. The molecule has 1 atom stereocenters. The number of hydrogen-bond acceptors (Lipinski definition) is 1. The SMILES string of the molecule is Cc1[nH]c2ccccc2c1C1CNC(=O)N1c1ccccc1. The summed E-state index contributed by atoms with van der Waals surface area (Å²) in [6.07, 6.45) is 0. The van der Waals surface area contributed by atoms with Crippen molar-refractivity contribution < 1.29 is 4.79 Å². The second-order valence-electron chi connectivity index (χ2n) is 5.62. The van der Waals surface area contributed by atoms with E-state index in [1.165, 1.54) is 10.9 Å². The number of aromatic amines is 1. The Bertz CT molecular complexity index is 838. The van der Waals surface area contributed by atoms with Crippen LogP contribution in [0.25, 0.3) is 10.9 Å². The van der Waals surface area contributed by atoms with Gasteiger partial charge in [0.05, 0.1) is 6.04 Å². The van der Waals surface area contributed by atoms with Crippen LogP contribution in [0.3, 0.4) is 0 Å². The highest BCUT2D eigenvalue weighted by molar-refractivity contribution is 5.97. The number of rotatable bonds is 2. The zero-order valence-corrected chi connectivity index (χ0v) is 12.3. The van der Waals surface area contributed by atoms with Crippen LogP contribution in [0.2, 0.25) is 0 Å². The lowest BCUT2D eigenvalue weighted by Crippen LogP contribution is -2.29. The average molecular weight is 291 g/mol. The van der Waals surface area contributed by atoms with Crippen molar-refractivity contribution in [3.63, 3.8) is 0 Å². The number of anilines is 1. The van der Waals surface area contributed by atoms with Crippen LogP contribution in [-0.4, -0.2) is 17.6 Å². The number of para-hydroxylation sites is 2. The van der Waals surface area contributed by atoms with Crippen molar-refractivity contribution in [2.75, 3.05) is 11.4 Å². The molecule has 1 aliphatic rings.